The number of ether oxygens (including phenoxy) is 1. The first-order valence-electron chi connectivity index (χ1n) is 9.07. The van der Waals surface area contributed by atoms with Crippen LogP contribution in [0.1, 0.15) is 80.7 Å². The Bertz CT molecular complexity index is 617. The Morgan fingerprint density at radius 1 is 1.42 bits per heavy atom. The van der Waals surface area contributed by atoms with Crippen LogP contribution in [0.15, 0.2) is 0 Å². The van der Waals surface area contributed by atoms with E-state index in [1.165, 1.54) is 0 Å². The molecule has 24 heavy (non-hydrogen) atoms. The smallest absolute Gasteiger partial charge is 0.270 e. The van der Waals surface area contributed by atoms with Crippen molar-refractivity contribution in [2.24, 2.45) is 7.05 Å². The van der Waals surface area contributed by atoms with Crippen molar-refractivity contribution in [2.75, 3.05) is 0 Å². The summed E-state index contributed by atoms with van der Waals surface area (Å²) in [6.07, 6.45) is 4.66. The number of rotatable bonds is 3. The summed E-state index contributed by atoms with van der Waals surface area (Å²) in [7, 11) is 1.82. The van der Waals surface area contributed by atoms with Gasteiger partial charge in [-0.1, -0.05) is 6.92 Å². The van der Waals surface area contributed by atoms with Crippen LogP contribution in [0.5, 0.6) is 0 Å². The van der Waals surface area contributed by atoms with Crippen LogP contribution in [0, 0.1) is 0 Å². The third-order valence-corrected chi connectivity index (χ3v) is 5.61. The van der Waals surface area contributed by atoms with Gasteiger partial charge in [0.05, 0.1) is 23.5 Å². The van der Waals surface area contributed by atoms with Gasteiger partial charge in [0.2, 0.25) is 0 Å². The highest BCUT2D eigenvalue weighted by Crippen LogP contribution is 2.33. The molecule has 1 aromatic heterocycles. The van der Waals surface area contributed by atoms with Crippen LogP contribution in [0.25, 0.3) is 0 Å². The molecule has 1 amide bonds. The largest absolute Gasteiger partial charge is 0.390 e. The van der Waals surface area contributed by atoms with Crippen LogP contribution < -0.4 is 5.32 Å². The molecule has 3 rings (SSSR count). The molecule has 6 heteroatoms. The summed E-state index contributed by atoms with van der Waals surface area (Å²) in [4.78, 5) is 12.8. The SMILES string of the molecule is CCC1(O)CCC(NC(=O)c2c3c(nn2C)[C@H](C)O[C@H](C)C3)CC1. The van der Waals surface area contributed by atoms with Crippen LogP contribution in [-0.4, -0.2) is 38.5 Å². The zero-order valence-corrected chi connectivity index (χ0v) is 15.1. The Morgan fingerprint density at radius 2 is 2.08 bits per heavy atom. The predicted molar refractivity (Wildman–Crippen MR) is 90.8 cm³/mol. The number of aliphatic hydroxyl groups is 1. The molecule has 0 radical (unpaired) electrons. The van der Waals surface area contributed by atoms with Gasteiger partial charge in [-0.2, -0.15) is 5.10 Å². The van der Waals surface area contributed by atoms with Crippen molar-refractivity contribution >= 4 is 5.91 Å². The molecule has 0 aromatic carbocycles. The summed E-state index contributed by atoms with van der Waals surface area (Å²) in [6, 6.07) is 0.129. The van der Waals surface area contributed by atoms with Crippen LogP contribution >= 0.6 is 0 Å². The number of fused-ring (bicyclic) bond motifs is 1. The van der Waals surface area contributed by atoms with E-state index in [0.29, 0.717) is 5.69 Å². The number of aromatic nitrogens is 2. The first-order chi connectivity index (χ1) is 11.3. The molecule has 2 N–H and O–H groups in total. The van der Waals surface area contributed by atoms with Crippen molar-refractivity contribution in [1.82, 2.24) is 15.1 Å². The first-order valence-corrected chi connectivity index (χ1v) is 9.07. The lowest BCUT2D eigenvalue weighted by Gasteiger charge is -2.35. The van der Waals surface area contributed by atoms with Crippen LogP contribution in [0.4, 0.5) is 0 Å². The summed E-state index contributed by atoms with van der Waals surface area (Å²) < 4.78 is 7.49. The summed E-state index contributed by atoms with van der Waals surface area (Å²) >= 11 is 0. The van der Waals surface area contributed by atoms with Gasteiger partial charge >= 0.3 is 0 Å². The number of carbonyl (C=O) groups is 1. The Balaban J connectivity index is 1.73. The minimum atomic E-state index is -0.547. The van der Waals surface area contributed by atoms with Crippen LogP contribution in [0.3, 0.4) is 0 Å². The van der Waals surface area contributed by atoms with Crippen LogP contribution in [-0.2, 0) is 18.2 Å². The van der Waals surface area contributed by atoms with E-state index in [0.717, 1.165) is 49.8 Å². The van der Waals surface area contributed by atoms with E-state index in [1.54, 1.807) is 4.68 Å². The van der Waals surface area contributed by atoms with Crippen LogP contribution in [0.2, 0.25) is 0 Å². The number of hydrogen-bond donors (Lipinski definition) is 2. The molecule has 1 aliphatic heterocycles. The molecular weight excluding hydrogens is 306 g/mol. The maximum atomic E-state index is 12.8. The molecule has 0 saturated heterocycles. The van der Waals surface area contributed by atoms with Gasteiger partial charge in [0.15, 0.2) is 0 Å². The second-order valence-electron chi connectivity index (χ2n) is 7.45. The van der Waals surface area contributed by atoms with E-state index in [1.807, 2.05) is 27.8 Å². The maximum absolute atomic E-state index is 12.8. The lowest BCUT2D eigenvalue weighted by molar-refractivity contribution is -0.00771. The molecule has 1 saturated carbocycles. The quantitative estimate of drug-likeness (QED) is 0.888. The molecule has 6 nitrogen and oxygen atoms in total. The molecule has 2 aliphatic rings. The molecule has 0 bridgehead atoms. The number of hydrogen-bond acceptors (Lipinski definition) is 4. The second kappa shape index (κ2) is 6.48. The van der Waals surface area contributed by atoms with Crippen molar-refractivity contribution in [2.45, 2.75) is 83.1 Å². The second-order valence-corrected chi connectivity index (χ2v) is 7.45. The van der Waals surface area contributed by atoms with Gasteiger partial charge in [-0.3, -0.25) is 9.48 Å². The van der Waals surface area contributed by atoms with E-state index < -0.39 is 5.60 Å². The predicted octanol–water partition coefficient (Wildman–Crippen LogP) is 2.26. The molecule has 134 valence electrons. The van der Waals surface area contributed by atoms with Gasteiger partial charge in [0, 0.05) is 25.1 Å². The molecule has 2 heterocycles. The average Bonchev–Trinajstić information content (AvgIpc) is 2.86. The van der Waals surface area contributed by atoms with E-state index in [-0.39, 0.29) is 24.2 Å². The van der Waals surface area contributed by atoms with Gasteiger partial charge in [0.25, 0.3) is 5.91 Å². The third-order valence-electron chi connectivity index (χ3n) is 5.61. The minimum Gasteiger partial charge on any atom is -0.390 e. The molecule has 0 spiro atoms. The number of aryl methyl sites for hydroxylation is 1. The zero-order valence-electron chi connectivity index (χ0n) is 15.1. The molecular formula is C18H29N3O3. The van der Waals surface area contributed by atoms with E-state index in [4.69, 9.17) is 4.74 Å². The Kier molecular flexibility index (Phi) is 4.71. The summed E-state index contributed by atoms with van der Waals surface area (Å²) in [5.41, 5.74) is 2.00. The van der Waals surface area contributed by atoms with Crippen molar-refractivity contribution in [3.63, 3.8) is 0 Å². The van der Waals surface area contributed by atoms with Crippen molar-refractivity contribution in [3.8, 4) is 0 Å². The highest BCUT2D eigenvalue weighted by Gasteiger charge is 2.34. The molecule has 2 atom stereocenters. The fourth-order valence-corrected chi connectivity index (χ4v) is 4.06. The van der Waals surface area contributed by atoms with Crippen molar-refractivity contribution < 1.29 is 14.6 Å². The number of carbonyl (C=O) groups excluding carboxylic acids is 1. The molecule has 1 aromatic rings. The Hall–Kier alpha value is -1.40. The first kappa shape index (κ1) is 17.4. The summed E-state index contributed by atoms with van der Waals surface area (Å²) in [6.45, 7) is 6.03. The lowest BCUT2D eigenvalue weighted by Crippen LogP contribution is -2.43. The van der Waals surface area contributed by atoms with E-state index in [2.05, 4.69) is 10.4 Å². The van der Waals surface area contributed by atoms with Crippen molar-refractivity contribution in [1.29, 1.82) is 0 Å². The Labute approximate surface area is 143 Å². The lowest BCUT2D eigenvalue weighted by atomic mass is 9.80. The molecule has 1 fully saturated rings. The maximum Gasteiger partial charge on any atom is 0.270 e. The Morgan fingerprint density at radius 3 is 2.71 bits per heavy atom. The zero-order chi connectivity index (χ0) is 17.5. The highest BCUT2D eigenvalue weighted by molar-refractivity contribution is 5.94. The van der Waals surface area contributed by atoms with Gasteiger partial charge in [-0.05, 0) is 46.0 Å². The fourth-order valence-electron chi connectivity index (χ4n) is 4.06. The van der Waals surface area contributed by atoms with Gasteiger partial charge < -0.3 is 15.2 Å². The third kappa shape index (κ3) is 3.22. The normalized spacial score (nSPS) is 33.1. The fraction of sp³-hybridized carbons (Fsp3) is 0.778. The number of nitrogens with zero attached hydrogens (tertiary/aromatic N) is 2. The number of amides is 1. The van der Waals surface area contributed by atoms with Gasteiger partial charge in [0.1, 0.15) is 5.69 Å². The van der Waals surface area contributed by atoms with Gasteiger partial charge in [-0.15, -0.1) is 0 Å². The minimum absolute atomic E-state index is 0.0560. The summed E-state index contributed by atoms with van der Waals surface area (Å²) in [5.74, 6) is -0.0560. The molecule has 1 aliphatic carbocycles. The topological polar surface area (TPSA) is 76.4 Å². The molecule has 0 unspecified atom stereocenters. The van der Waals surface area contributed by atoms with E-state index in [9.17, 15) is 9.90 Å². The number of nitrogens with one attached hydrogen (secondary N) is 1. The standard InChI is InChI=1S/C18H29N3O3/c1-5-18(23)8-6-13(7-9-18)19-17(22)16-14-10-11(2)24-12(3)15(14)20-21(16)4/h11-13,23H,5-10H2,1-4H3,(H,19,22)/t11-,12+,13?,18?/m1/s1. The monoisotopic (exact) mass is 335 g/mol. The van der Waals surface area contributed by atoms with E-state index >= 15 is 0 Å². The highest BCUT2D eigenvalue weighted by atomic mass is 16.5. The van der Waals surface area contributed by atoms with Crippen molar-refractivity contribution in [3.05, 3.63) is 17.0 Å². The average molecular weight is 335 g/mol. The van der Waals surface area contributed by atoms with Gasteiger partial charge in [-0.25, -0.2) is 0 Å². The summed E-state index contributed by atoms with van der Waals surface area (Å²) in [5, 5.41) is 18.0.